The van der Waals surface area contributed by atoms with Crippen LogP contribution in [0.5, 0.6) is 5.75 Å². The summed E-state index contributed by atoms with van der Waals surface area (Å²) in [6.45, 7) is 2.15. The lowest BCUT2D eigenvalue weighted by Crippen LogP contribution is -2.43. The lowest BCUT2D eigenvalue weighted by atomic mass is 9.76. The molecule has 0 aliphatic carbocycles. The van der Waals surface area contributed by atoms with Gasteiger partial charge in [-0.2, -0.15) is 0 Å². The Labute approximate surface area is 96.5 Å². The molecule has 0 spiro atoms. The minimum Gasteiger partial charge on any atom is -0.496 e. The fraction of sp³-hybridized carbons (Fsp3) is 0.538. The molecular formula is C13H19NO2. The fourth-order valence-corrected chi connectivity index (χ4v) is 2.42. The van der Waals surface area contributed by atoms with Crippen molar-refractivity contribution in [2.24, 2.45) is 5.73 Å². The van der Waals surface area contributed by atoms with E-state index in [1.54, 1.807) is 7.11 Å². The highest BCUT2D eigenvalue weighted by Crippen LogP contribution is 2.37. The molecule has 1 aromatic rings. The van der Waals surface area contributed by atoms with Gasteiger partial charge in [-0.15, -0.1) is 0 Å². The van der Waals surface area contributed by atoms with Crippen molar-refractivity contribution in [1.29, 1.82) is 0 Å². The van der Waals surface area contributed by atoms with Crippen molar-refractivity contribution in [2.45, 2.75) is 18.3 Å². The quantitative estimate of drug-likeness (QED) is 0.845. The molecule has 1 aliphatic rings. The molecular weight excluding hydrogens is 202 g/mol. The number of hydrogen-bond donors (Lipinski definition) is 1. The van der Waals surface area contributed by atoms with Gasteiger partial charge in [-0.25, -0.2) is 0 Å². The van der Waals surface area contributed by atoms with Gasteiger partial charge in [0.15, 0.2) is 0 Å². The van der Waals surface area contributed by atoms with Gasteiger partial charge in [0.05, 0.1) is 13.7 Å². The molecule has 88 valence electrons. The average Bonchev–Trinajstić information content (AvgIpc) is 2.39. The molecule has 3 heteroatoms. The van der Waals surface area contributed by atoms with Gasteiger partial charge in [0.2, 0.25) is 0 Å². The highest BCUT2D eigenvalue weighted by molar-refractivity contribution is 5.40. The van der Waals surface area contributed by atoms with Gasteiger partial charge in [-0.1, -0.05) is 18.2 Å². The Morgan fingerprint density at radius 1 is 1.44 bits per heavy atom. The van der Waals surface area contributed by atoms with E-state index in [0.717, 1.165) is 25.2 Å². The van der Waals surface area contributed by atoms with Gasteiger partial charge in [0.1, 0.15) is 5.75 Å². The number of hydrogen-bond acceptors (Lipinski definition) is 3. The molecule has 0 amide bonds. The second-order valence-corrected chi connectivity index (χ2v) is 4.34. The Morgan fingerprint density at radius 3 is 2.88 bits per heavy atom. The van der Waals surface area contributed by atoms with E-state index in [1.807, 2.05) is 18.2 Å². The zero-order chi connectivity index (χ0) is 11.4. The smallest absolute Gasteiger partial charge is 0.122 e. The van der Waals surface area contributed by atoms with E-state index in [4.69, 9.17) is 15.2 Å². The van der Waals surface area contributed by atoms with Crippen LogP contribution in [-0.2, 0) is 10.2 Å². The van der Waals surface area contributed by atoms with Crippen LogP contribution in [0, 0.1) is 0 Å². The van der Waals surface area contributed by atoms with Crippen LogP contribution >= 0.6 is 0 Å². The predicted octanol–water partition coefficient (Wildman–Crippen LogP) is 1.70. The van der Waals surface area contributed by atoms with Crippen molar-refractivity contribution in [3.05, 3.63) is 29.8 Å². The van der Waals surface area contributed by atoms with E-state index in [0.29, 0.717) is 13.2 Å². The predicted molar refractivity (Wildman–Crippen MR) is 63.8 cm³/mol. The Morgan fingerprint density at radius 2 is 2.25 bits per heavy atom. The second kappa shape index (κ2) is 4.85. The summed E-state index contributed by atoms with van der Waals surface area (Å²) in [6.07, 6.45) is 2.14. The first-order chi connectivity index (χ1) is 7.82. The maximum Gasteiger partial charge on any atom is 0.122 e. The van der Waals surface area contributed by atoms with Gasteiger partial charge in [-0.3, -0.25) is 0 Å². The summed E-state index contributed by atoms with van der Waals surface area (Å²) < 4.78 is 11.0. The number of ether oxygens (including phenoxy) is 2. The molecule has 1 heterocycles. The van der Waals surface area contributed by atoms with Crippen molar-refractivity contribution in [2.75, 3.05) is 26.9 Å². The first-order valence-corrected chi connectivity index (χ1v) is 5.74. The third-order valence-electron chi connectivity index (χ3n) is 3.39. The summed E-state index contributed by atoms with van der Waals surface area (Å²) in [7, 11) is 1.70. The number of rotatable bonds is 3. The molecule has 1 saturated heterocycles. The largest absolute Gasteiger partial charge is 0.496 e. The summed E-state index contributed by atoms with van der Waals surface area (Å²) >= 11 is 0. The number of para-hydroxylation sites is 1. The monoisotopic (exact) mass is 221 g/mol. The van der Waals surface area contributed by atoms with Gasteiger partial charge in [0.25, 0.3) is 0 Å². The Bertz CT molecular complexity index is 346. The summed E-state index contributed by atoms with van der Waals surface area (Å²) in [5.74, 6) is 0.915. The van der Waals surface area contributed by atoms with Crippen LogP contribution in [0.15, 0.2) is 24.3 Å². The van der Waals surface area contributed by atoms with Crippen molar-refractivity contribution >= 4 is 0 Å². The van der Waals surface area contributed by atoms with Gasteiger partial charge in [0, 0.05) is 24.1 Å². The van der Waals surface area contributed by atoms with E-state index < -0.39 is 0 Å². The lowest BCUT2D eigenvalue weighted by molar-refractivity contribution is 0.0367. The summed E-state index contributed by atoms with van der Waals surface area (Å²) in [6, 6.07) is 8.10. The van der Waals surface area contributed by atoms with E-state index >= 15 is 0 Å². The Hall–Kier alpha value is -1.06. The van der Waals surface area contributed by atoms with Crippen LogP contribution in [0.25, 0.3) is 0 Å². The minimum absolute atomic E-state index is 0.0646. The molecule has 3 nitrogen and oxygen atoms in total. The van der Waals surface area contributed by atoms with E-state index in [1.165, 1.54) is 5.56 Å². The molecule has 1 atom stereocenters. The molecule has 0 aromatic heterocycles. The topological polar surface area (TPSA) is 44.5 Å². The first kappa shape index (κ1) is 11.4. The van der Waals surface area contributed by atoms with Gasteiger partial charge in [-0.05, 0) is 18.9 Å². The second-order valence-electron chi connectivity index (χ2n) is 4.34. The molecule has 2 rings (SSSR count). The summed E-state index contributed by atoms with van der Waals surface area (Å²) in [5, 5.41) is 0. The average molecular weight is 221 g/mol. The fourth-order valence-electron chi connectivity index (χ4n) is 2.42. The number of nitrogens with two attached hydrogens (primary N) is 1. The normalized spacial score (nSPS) is 25.4. The molecule has 1 fully saturated rings. The first-order valence-electron chi connectivity index (χ1n) is 5.74. The van der Waals surface area contributed by atoms with Gasteiger partial charge >= 0.3 is 0 Å². The molecule has 0 saturated carbocycles. The van der Waals surface area contributed by atoms with E-state index in [9.17, 15) is 0 Å². The minimum atomic E-state index is -0.0646. The van der Waals surface area contributed by atoms with Crippen molar-refractivity contribution in [3.63, 3.8) is 0 Å². The standard InChI is InChI=1S/C13H19NO2/c1-15-12-6-3-2-5-11(12)13(9-14)7-4-8-16-10-13/h2-3,5-6H,4,7-10,14H2,1H3. The molecule has 2 N–H and O–H groups in total. The zero-order valence-electron chi connectivity index (χ0n) is 9.74. The Kier molecular flexibility index (Phi) is 3.46. The summed E-state index contributed by atoms with van der Waals surface area (Å²) in [5.41, 5.74) is 7.07. The van der Waals surface area contributed by atoms with Crippen LogP contribution in [0.1, 0.15) is 18.4 Å². The van der Waals surface area contributed by atoms with Crippen LogP contribution in [-0.4, -0.2) is 26.9 Å². The van der Waals surface area contributed by atoms with Crippen molar-refractivity contribution < 1.29 is 9.47 Å². The SMILES string of the molecule is COc1ccccc1C1(CN)CCCOC1. The highest BCUT2D eigenvalue weighted by Gasteiger charge is 2.35. The van der Waals surface area contributed by atoms with Crippen LogP contribution in [0.3, 0.4) is 0 Å². The number of benzene rings is 1. The third kappa shape index (κ3) is 1.93. The molecule has 0 radical (unpaired) electrons. The zero-order valence-corrected chi connectivity index (χ0v) is 9.74. The van der Waals surface area contributed by atoms with E-state index in [-0.39, 0.29) is 5.41 Å². The Balaban J connectivity index is 2.38. The van der Waals surface area contributed by atoms with E-state index in [2.05, 4.69) is 6.07 Å². The van der Waals surface area contributed by atoms with Crippen molar-refractivity contribution in [3.8, 4) is 5.75 Å². The maximum absolute atomic E-state index is 5.96. The lowest BCUT2D eigenvalue weighted by Gasteiger charge is -2.37. The molecule has 0 bridgehead atoms. The molecule has 1 aromatic carbocycles. The third-order valence-corrected chi connectivity index (χ3v) is 3.39. The summed E-state index contributed by atoms with van der Waals surface area (Å²) in [4.78, 5) is 0. The molecule has 1 aliphatic heterocycles. The van der Waals surface area contributed by atoms with Gasteiger partial charge < -0.3 is 15.2 Å². The van der Waals surface area contributed by atoms with Crippen LogP contribution < -0.4 is 10.5 Å². The maximum atomic E-state index is 5.96. The van der Waals surface area contributed by atoms with Crippen molar-refractivity contribution in [1.82, 2.24) is 0 Å². The molecule has 16 heavy (non-hydrogen) atoms. The molecule has 1 unspecified atom stereocenters. The highest BCUT2D eigenvalue weighted by atomic mass is 16.5. The van der Waals surface area contributed by atoms with Crippen LogP contribution in [0.4, 0.5) is 0 Å². The number of methoxy groups -OCH3 is 1. The van der Waals surface area contributed by atoms with Crippen LogP contribution in [0.2, 0.25) is 0 Å².